The molecule has 0 saturated heterocycles. The van der Waals surface area contributed by atoms with Gasteiger partial charge in [-0.3, -0.25) is 0 Å². The number of aromatic hydroxyl groups is 1. The average molecular weight is 420 g/mol. The zero-order chi connectivity index (χ0) is 21.5. The molecule has 160 valence electrons. The van der Waals surface area contributed by atoms with Gasteiger partial charge in [-0.15, -0.1) is 0 Å². The first-order chi connectivity index (χ1) is 14.2. The van der Waals surface area contributed by atoms with Gasteiger partial charge in [0, 0.05) is 17.6 Å². The van der Waals surface area contributed by atoms with Crippen molar-refractivity contribution in [3.63, 3.8) is 0 Å². The quantitative estimate of drug-likeness (QED) is 0.559. The van der Waals surface area contributed by atoms with Crippen molar-refractivity contribution in [2.45, 2.75) is 50.9 Å². The molecule has 0 bridgehead atoms. The number of aromatic nitrogens is 2. The molecule has 2 aromatic heterocycles. The molecule has 6 nitrogen and oxygen atoms in total. The zero-order valence-electron chi connectivity index (χ0n) is 16.7. The number of nitrogens with one attached hydrogen (secondary N) is 2. The fourth-order valence-corrected chi connectivity index (χ4v) is 4.04. The van der Waals surface area contributed by atoms with Gasteiger partial charge in [-0.25, -0.2) is 4.98 Å². The Morgan fingerprint density at radius 1 is 1.13 bits per heavy atom. The van der Waals surface area contributed by atoms with E-state index >= 15 is 0 Å². The van der Waals surface area contributed by atoms with Gasteiger partial charge in [-0.2, -0.15) is 18.2 Å². The van der Waals surface area contributed by atoms with E-state index in [9.17, 15) is 18.3 Å². The molecule has 30 heavy (non-hydrogen) atoms. The highest BCUT2D eigenvalue weighted by Crippen LogP contribution is 2.39. The standard InChI is InChI=1S/C21H23F3N4O2/c1-11-8-12(21(22,23)24)9-16(29)18(11)15-6-7-17-19(27-15)28-20(30-17)26-14-5-3-4-13(10-14)25-2/h6-9,13-14,25,29H,3-5,10H2,1-2H3,(H,26,27,28). The van der Waals surface area contributed by atoms with E-state index in [2.05, 4.69) is 20.6 Å². The summed E-state index contributed by atoms with van der Waals surface area (Å²) in [5, 5.41) is 16.8. The van der Waals surface area contributed by atoms with Crippen molar-refractivity contribution < 1.29 is 22.7 Å². The van der Waals surface area contributed by atoms with Gasteiger partial charge in [0.2, 0.25) is 5.65 Å². The summed E-state index contributed by atoms with van der Waals surface area (Å²) in [6.45, 7) is 1.51. The van der Waals surface area contributed by atoms with Crippen molar-refractivity contribution in [3.05, 3.63) is 35.4 Å². The maximum atomic E-state index is 13.0. The Kier molecular flexibility index (Phi) is 5.31. The van der Waals surface area contributed by atoms with Gasteiger partial charge in [-0.05, 0) is 69.5 Å². The number of oxazole rings is 1. The van der Waals surface area contributed by atoms with Crippen LogP contribution >= 0.6 is 0 Å². The third-order valence-corrected chi connectivity index (χ3v) is 5.56. The van der Waals surface area contributed by atoms with Crippen LogP contribution in [0.4, 0.5) is 19.2 Å². The minimum Gasteiger partial charge on any atom is -0.507 e. The molecule has 1 fully saturated rings. The molecule has 3 N–H and O–H groups in total. The molecule has 9 heteroatoms. The summed E-state index contributed by atoms with van der Waals surface area (Å²) in [5.74, 6) is -0.476. The highest BCUT2D eigenvalue weighted by Gasteiger charge is 2.32. The number of hydrogen-bond donors (Lipinski definition) is 3. The van der Waals surface area contributed by atoms with Crippen LogP contribution in [0.25, 0.3) is 22.5 Å². The van der Waals surface area contributed by atoms with Crippen LogP contribution in [0, 0.1) is 6.92 Å². The summed E-state index contributed by atoms with van der Waals surface area (Å²) >= 11 is 0. The van der Waals surface area contributed by atoms with Crippen LogP contribution in [0.1, 0.15) is 36.8 Å². The summed E-state index contributed by atoms with van der Waals surface area (Å²) in [4.78, 5) is 8.79. The second-order valence-electron chi connectivity index (χ2n) is 7.72. The smallest absolute Gasteiger partial charge is 0.416 e. The lowest BCUT2D eigenvalue weighted by atomic mass is 9.91. The number of hydrogen-bond acceptors (Lipinski definition) is 6. The highest BCUT2D eigenvalue weighted by molar-refractivity contribution is 5.78. The molecule has 1 aliphatic carbocycles. The topological polar surface area (TPSA) is 83.2 Å². The lowest BCUT2D eigenvalue weighted by molar-refractivity contribution is -0.137. The number of fused-ring (bicyclic) bond motifs is 1. The minimum absolute atomic E-state index is 0.241. The van der Waals surface area contributed by atoms with Crippen LogP contribution in [-0.2, 0) is 6.18 Å². The van der Waals surface area contributed by atoms with Gasteiger partial charge < -0.3 is 20.2 Å². The van der Waals surface area contributed by atoms with E-state index in [0.717, 1.165) is 31.7 Å². The minimum atomic E-state index is -4.53. The summed E-state index contributed by atoms with van der Waals surface area (Å²) in [6, 6.07) is 6.03. The van der Waals surface area contributed by atoms with Crippen LogP contribution in [0.5, 0.6) is 5.75 Å². The highest BCUT2D eigenvalue weighted by atomic mass is 19.4. The number of benzene rings is 1. The van der Waals surface area contributed by atoms with Gasteiger partial charge in [-0.1, -0.05) is 0 Å². The number of aryl methyl sites for hydroxylation is 1. The normalized spacial score (nSPS) is 19.9. The molecule has 1 aliphatic rings. The lowest BCUT2D eigenvalue weighted by Gasteiger charge is -2.28. The van der Waals surface area contributed by atoms with E-state index in [4.69, 9.17) is 4.42 Å². The van der Waals surface area contributed by atoms with E-state index in [0.29, 0.717) is 35.0 Å². The SMILES string of the molecule is CNC1CCCC(Nc2nc3nc(-c4c(C)cc(C(F)(F)F)cc4O)ccc3o2)C1. The number of phenols is 1. The van der Waals surface area contributed by atoms with Gasteiger partial charge in [0.1, 0.15) is 5.75 Å². The van der Waals surface area contributed by atoms with E-state index in [1.54, 1.807) is 12.1 Å². The van der Waals surface area contributed by atoms with Crippen molar-refractivity contribution in [1.29, 1.82) is 0 Å². The Balaban J connectivity index is 1.62. The summed E-state index contributed by atoms with van der Waals surface area (Å²) in [5.41, 5.74) is 0.741. The number of phenolic OH excluding ortho intramolecular Hbond substituents is 1. The van der Waals surface area contributed by atoms with Crippen LogP contribution in [0.2, 0.25) is 0 Å². The van der Waals surface area contributed by atoms with Gasteiger partial charge >= 0.3 is 6.18 Å². The molecule has 3 aromatic rings. The molecule has 2 unspecified atom stereocenters. The second-order valence-corrected chi connectivity index (χ2v) is 7.72. The largest absolute Gasteiger partial charge is 0.507 e. The van der Waals surface area contributed by atoms with E-state index < -0.39 is 17.5 Å². The summed E-state index contributed by atoms with van der Waals surface area (Å²) in [6.07, 6.45) is -0.293. The first-order valence-electron chi connectivity index (χ1n) is 9.87. The first-order valence-corrected chi connectivity index (χ1v) is 9.87. The molecule has 0 amide bonds. The summed E-state index contributed by atoms with van der Waals surface area (Å²) in [7, 11) is 1.95. The van der Waals surface area contributed by atoms with Gasteiger partial charge in [0.15, 0.2) is 5.58 Å². The van der Waals surface area contributed by atoms with E-state index in [1.165, 1.54) is 6.92 Å². The van der Waals surface area contributed by atoms with Crippen LogP contribution < -0.4 is 10.6 Å². The Bertz CT molecular complexity index is 1040. The van der Waals surface area contributed by atoms with Crippen molar-refractivity contribution >= 4 is 17.2 Å². The molecule has 2 atom stereocenters. The van der Waals surface area contributed by atoms with E-state index in [-0.39, 0.29) is 17.2 Å². The number of pyridine rings is 1. The first kappa shape index (κ1) is 20.5. The molecule has 1 aromatic carbocycles. The molecule has 0 aliphatic heterocycles. The molecular formula is C21H23F3N4O2. The Morgan fingerprint density at radius 3 is 2.60 bits per heavy atom. The monoisotopic (exact) mass is 420 g/mol. The van der Waals surface area contributed by atoms with Gasteiger partial charge in [0.25, 0.3) is 6.01 Å². The van der Waals surface area contributed by atoms with Gasteiger partial charge in [0.05, 0.1) is 11.3 Å². The Hall–Kier alpha value is -2.81. The van der Waals surface area contributed by atoms with Crippen molar-refractivity contribution in [2.24, 2.45) is 0 Å². The molecule has 0 spiro atoms. The molecular weight excluding hydrogens is 397 g/mol. The molecule has 0 radical (unpaired) electrons. The average Bonchev–Trinajstić information content (AvgIpc) is 3.08. The Labute approximate surface area is 171 Å². The molecule has 2 heterocycles. The zero-order valence-corrected chi connectivity index (χ0v) is 16.7. The number of rotatable bonds is 4. The number of nitrogens with zero attached hydrogens (tertiary/aromatic N) is 2. The fraction of sp³-hybridized carbons (Fsp3) is 0.429. The van der Waals surface area contributed by atoms with Crippen LogP contribution in [0.15, 0.2) is 28.7 Å². The van der Waals surface area contributed by atoms with Crippen molar-refractivity contribution in [1.82, 2.24) is 15.3 Å². The third kappa shape index (κ3) is 4.07. The predicted molar refractivity (Wildman–Crippen MR) is 107 cm³/mol. The third-order valence-electron chi connectivity index (χ3n) is 5.56. The van der Waals surface area contributed by atoms with Crippen LogP contribution in [-0.4, -0.2) is 34.2 Å². The number of anilines is 1. The van der Waals surface area contributed by atoms with Crippen molar-refractivity contribution in [3.8, 4) is 17.0 Å². The maximum Gasteiger partial charge on any atom is 0.416 e. The predicted octanol–water partition coefficient (Wildman–Crippen LogP) is 4.87. The molecule has 4 rings (SSSR count). The number of halogens is 3. The number of alkyl halides is 3. The Morgan fingerprint density at radius 2 is 1.90 bits per heavy atom. The van der Waals surface area contributed by atoms with Crippen LogP contribution in [0.3, 0.4) is 0 Å². The second kappa shape index (κ2) is 7.79. The molecule has 1 saturated carbocycles. The summed E-state index contributed by atoms with van der Waals surface area (Å²) < 4.78 is 44.7. The van der Waals surface area contributed by atoms with E-state index in [1.807, 2.05) is 7.05 Å². The maximum absolute atomic E-state index is 13.0. The van der Waals surface area contributed by atoms with Crippen molar-refractivity contribution in [2.75, 3.05) is 12.4 Å². The fourth-order valence-electron chi connectivity index (χ4n) is 4.04. The lowest BCUT2D eigenvalue weighted by Crippen LogP contribution is -2.37.